The van der Waals surface area contributed by atoms with E-state index in [0.717, 1.165) is 11.3 Å². The molecule has 0 saturated carbocycles. The van der Waals surface area contributed by atoms with E-state index in [1.165, 1.54) is 6.07 Å². The lowest BCUT2D eigenvalue weighted by Crippen LogP contribution is -2.23. The Bertz CT molecular complexity index is 635. The van der Waals surface area contributed by atoms with Crippen LogP contribution in [0, 0.1) is 0 Å². The van der Waals surface area contributed by atoms with Gasteiger partial charge < -0.3 is 16.0 Å². The summed E-state index contributed by atoms with van der Waals surface area (Å²) < 4.78 is 0. The van der Waals surface area contributed by atoms with Crippen molar-refractivity contribution in [2.45, 2.75) is 6.54 Å². The number of aromatic nitrogens is 1. The number of hydrogen-bond donors (Lipinski definition) is 3. The van der Waals surface area contributed by atoms with Crippen LogP contribution in [-0.4, -0.2) is 10.9 Å². The third-order valence-corrected chi connectivity index (χ3v) is 3.33. The molecule has 0 aliphatic rings. The van der Waals surface area contributed by atoms with E-state index in [2.05, 4.69) is 10.3 Å². The summed E-state index contributed by atoms with van der Waals surface area (Å²) in [5.41, 5.74) is 7.06. The van der Waals surface area contributed by atoms with Crippen molar-refractivity contribution in [1.82, 2.24) is 10.3 Å². The molecule has 18 heavy (non-hydrogen) atoms. The molecule has 2 aromatic rings. The van der Waals surface area contributed by atoms with E-state index in [0.29, 0.717) is 22.0 Å². The van der Waals surface area contributed by atoms with Gasteiger partial charge in [-0.1, -0.05) is 22.9 Å². The van der Waals surface area contributed by atoms with E-state index in [1.54, 1.807) is 17.5 Å². The van der Waals surface area contributed by atoms with Gasteiger partial charge in [0.2, 0.25) is 0 Å². The summed E-state index contributed by atoms with van der Waals surface area (Å²) in [5.74, 6) is -0.273. The van der Waals surface area contributed by atoms with Crippen LogP contribution in [0.5, 0.6) is 0 Å². The highest BCUT2D eigenvalue weighted by Gasteiger charge is 2.07. The van der Waals surface area contributed by atoms with Crippen LogP contribution < -0.4 is 15.9 Å². The maximum Gasteiger partial charge on any atom is 0.304 e. The lowest BCUT2D eigenvalue weighted by atomic mass is 10.2. The Kier molecular flexibility index (Phi) is 3.69. The molecule has 0 saturated heterocycles. The van der Waals surface area contributed by atoms with E-state index >= 15 is 0 Å². The molecule has 0 aliphatic carbocycles. The van der Waals surface area contributed by atoms with Crippen LogP contribution in [0.4, 0.5) is 5.69 Å². The molecule has 5 nitrogen and oxygen atoms in total. The van der Waals surface area contributed by atoms with Gasteiger partial charge in [-0.25, -0.2) is 0 Å². The van der Waals surface area contributed by atoms with Gasteiger partial charge in [0.05, 0.1) is 17.3 Å². The highest BCUT2D eigenvalue weighted by Crippen LogP contribution is 2.19. The van der Waals surface area contributed by atoms with Crippen LogP contribution in [0.3, 0.4) is 0 Å². The van der Waals surface area contributed by atoms with Crippen molar-refractivity contribution in [3.05, 3.63) is 49.5 Å². The van der Waals surface area contributed by atoms with Crippen molar-refractivity contribution in [1.29, 1.82) is 0 Å². The Morgan fingerprint density at radius 3 is 2.89 bits per heavy atom. The molecule has 0 bridgehead atoms. The van der Waals surface area contributed by atoms with Gasteiger partial charge in [0.1, 0.15) is 0 Å². The van der Waals surface area contributed by atoms with Gasteiger partial charge >= 0.3 is 4.87 Å². The molecule has 0 unspecified atom stereocenters. The van der Waals surface area contributed by atoms with Crippen LogP contribution in [0.2, 0.25) is 5.02 Å². The zero-order chi connectivity index (χ0) is 13.1. The van der Waals surface area contributed by atoms with E-state index in [-0.39, 0.29) is 17.3 Å². The number of H-pyrrole nitrogens is 1. The monoisotopic (exact) mass is 283 g/mol. The number of rotatable bonds is 3. The second-order valence-electron chi connectivity index (χ2n) is 3.59. The van der Waals surface area contributed by atoms with Crippen LogP contribution in [0.1, 0.15) is 16.1 Å². The van der Waals surface area contributed by atoms with Crippen LogP contribution in [-0.2, 0) is 6.54 Å². The minimum atomic E-state index is -0.273. The standard InChI is InChI=1S/C11H10ClN3O2S/c12-8-2-1-6(3-9(8)13)10(16)14-4-7-5-18-11(17)15-7/h1-3,5H,4,13H2,(H,14,16)(H,15,17). The van der Waals surface area contributed by atoms with Crippen LogP contribution in [0.25, 0.3) is 0 Å². The van der Waals surface area contributed by atoms with Crippen molar-refractivity contribution in [3.63, 3.8) is 0 Å². The molecule has 1 aromatic heterocycles. The summed E-state index contributed by atoms with van der Waals surface area (Å²) in [4.78, 5) is 25.2. The molecule has 1 amide bonds. The number of nitrogens with two attached hydrogens (primary N) is 1. The number of halogens is 1. The van der Waals surface area contributed by atoms with Crippen molar-refractivity contribution in [3.8, 4) is 0 Å². The van der Waals surface area contributed by atoms with Crippen molar-refractivity contribution >= 4 is 34.5 Å². The molecule has 94 valence electrons. The summed E-state index contributed by atoms with van der Waals surface area (Å²) in [5, 5.41) is 4.75. The SMILES string of the molecule is Nc1cc(C(=O)NCc2csc(=O)[nH]2)ccc1Cl. The number of aromatic amines is 1. The maximum absolute atomic E-state index is 11.8. The summed E-state index contributed by atoms with van der Waals surface area (Å²) in [6.07, 6.45) is 0. The summed E-state index contributed by atoms with van der Waals surface area (Å²) in [7, 11) is 0. The van der Waals surface area contributed by atoms with Gasteiger partial charge in [-0.15, -0.1) is 0 Å². The second-order valence-corrected chi connectivity index (χ2v) is 4.84. The molecular formula is C11H10ClN3O2S. The number of thiazole rings is 1. The normalized spacial score (nSPS) is 10.3. The third kappa shape index (κ3) is 2.91. The van der Waals surface area contributed by atoms with Gasteiger partial charge in [-0.05, 0) is 18.2 Å². The number of anilines is 1. The first-order valence-electron chi connectivity index (χ1n) is 5.06. The fourth-order valence-corrected chi connectivity index (χ4v) is 2.06. The van der Waals surface area contributed by atoms with E-state index in [4.69, 9.17) is 17.3 Å². The van der Waals surface area contributed by atoms with Crippen molar-refractivity contribution in [2.24, 2.45) is 0 Å². The molecule has 1 heterocycles. The number of nitrogen functional groups attached to an aromatic ring is 1. The van der Waals surface area contributed by atoms with Crippen LogP contribution >= 0.6 is 22.9 Å². The van der Waals surface area contributed by atoms with Crippen molar-refractivity contribution in [2.75, 3.05) is 5.73 Å². The molecule has 0 radical (unpaired) electrons. The highest BCUT2D eigenvalue weighted by atomic mass is 35.5. The predicted molar refractivity (Wildman–Crippen MR) is 72.0 cm³/mol. The number of carbonyl (C=O) groups is 1. The molecule has 7 heteroatoms. The van der Waals surface area contributed by atoms with E-state index < -0.39 is 0 Å². The average molecular weight is 284 g/mol. The van der Waals surface area contributed by atoms with Crippen LogP contribution in [0.15, 0.2) is 28.4 Å². The molecule has 0 fully saturated rings. The maximum atomic E-state index is 11.8. The molecule has 4 N–H and O–H groups in total. The van der Waals surface area contributed by atoms with E-state index in [9.17, 15) is 9.59 Å². The Balaban J connectivity index is 2.03. The fourth-order valence-electron chi connectivity index (χ4n) is 1.36. The number of benzene rings is 1. The van der Waals surface area contributed by atoms with Gasteiger partial charge in [0, 0.05) is 16.6 Å². The lowest BCUT2D eigenvalue weighted by Gasteiger charge is -2.05. The quantitative estimate of drug-likeness (QED) is 0.748. The Hall–Kier alpha value is -1.79. The molecular weight excluding hydrogens is 274 g/mol. The first-order valence-corrected chi connectivity index (χ1v) is 6.32. The summed E-state index contributed by atoms with van der Waals surface area (Å²) >= 11 is 6.82. The van der Waals surface area contributed by atoms with Gasteiger partial charge in [0.15, 0.2) is 0 Å². The minimum absolute atomic E-state index is 0.144. The van der Waals surface area contributed by atoms with Gasteiger partial charge in [0.25, 0.3) is 5.91 Å². The molecule has 0 spiro atoms. The molecule has 0 aliphatic heterocycles. The number of nitrogens with one attached hydrogen (secondary N) is 2. The highest BCUT2D eigenvalue weighted by molar-refractivity contribution is 7.07. The lowest BCUT2D eigenvalue weighted by molar-refractivity contribution is 0.0950. The number of hydrogen-bond acceptors (Lipinski definition) is 4. The Morgan fingerprint density at radius 1 is 1.50 bits per heavy atom. The fraction of sp³-hybridized carbons (Fsp3) is 0.0909. The van der Waals surface area contributed by atoms with Gasteiger partial charge in [-0.2, -0.15) is 0 Å². The number of amides is 1. The van der Waals surface area contributed by atoms with Crippen molar-refractivity contribution < 1.29 is 4.79 Å². The third-order valence-electron chi connectivity index (χ3n) is 2.27. The Labute approximate surface area is 112 Å². The summed E-state index contributed by atoms with van der Waals surface area (Å²) in [6.45, 7) is 0.264. The smallest absolute Gasteiger partial charge is 0.304 e. The summed E-state index contributed by atoms with van der Waals surface area (Å²) in [6, 6.07) is 4.66. The molecule has 1 aromatic carbocycles. The van der Waals surface area contributed by atoms with E-state index in [1.807, 2.05) is 0 Å². The first-order chi connectivity index (χ1) is 8.56. The Morgan fingerprint density at radius 2 is 2.28 bits per heavy atom. The number of carbonyl (C=O) groups excluding carboxylic acids is 1. The zero-order valence-corrected chi connectivity index (χ0v) is 10.8. The predicted octanol–water partition coefficient (Wildman–Crippen LogP) is 1.60. The van der Waals surface area contributed by atoms with Gasteiger partial charge in [-0.3, -0.25) is 9.59 Å². The minimum Gasteiger partial charge on any atom is -0.398 e. The largest absolute Gasteiger partial charge is 0.398 e. The zero-order valence-electron chi connectivity index (χ0n) is 9.20. The average Bonchev–Trinajstić information content (AvgIpc) is 2.75. The first kappa shape index (κ1) is 12.7. The topological polar surface area (TPSA) is 88.0 Å². The molecule has 2 rings (SSSR count). The molecule has 0 atom stereocenters. The second kappa shape index (κ2) is 5.24.